The zero-order chi connectivity index (χ0) is 15.2. The van der Waals surface area contributed by atoms with Gasteiger partial charge in [-0.3, -0.25) is 15.1 Å². The van der Waals surface area contributed by atoms with Gasteiger partial charge in [0.1, 0.15) is 0 Å². The summed E-state index contributed by atoms with van der Waals surface area (Å²) in [7, 11) is 2.92. The molecule has 0 fully saturated rings. The molecule has 0 unspecified atom stereocenters. The molecule has 1 aromatic carbocycles. The van der Waals surface area contributed by atoms with E-state index in [4.69, 9.17) is 9.47 Å². The highest BCUT2D eigenvalue weighted by Gasteiger charge is 2.17. The lowest BCUT2D eigenvalue weighted by Gasteiger charge is -2.08. The highest BCUT2D eigenvalue weighted by Crippen LogP contribution is 2.35. The van der Waals surface area contributed by atoms with E-state index in [-0.39, 0.29) is 5.69 Å². The molecule has 21 heavy (non-hydrogen) atoms. The number of hydrogen-bond acceptors (Lipinski definition) is 5. The summed E-state index contributed by atoms with van der Waals surface area (Å²) in [5.74, 6) is 0.753. The number of hydrogen-bond donors (Lipinski definition) is 0. The Morgan fingerprint density at radius 2 is 1.86 bits per heavy atom. The minimum Gasteiger partial charge on any atom is -0.493 e. The second-order valence-electron chi connectivity index (χ2n) is 4.11. The molecule has 0 aliphatic carbocycles. The van der Waals surface area contributed by atoms with Gasteiger partial charge in [0, 0.05) is 6.20 Å². The van der Waals surface area contributed by atoms with Crippen molar-refractivity contribution in [2.45, 2.75) is 0 Å². The van der Waals surface area contributed by atoms with E-state index >= 15 is 0 Å². The first-order chi connectivity index (χ1) is 10.2. The average molecular weight is 286 g/mol. The van der Waals surface area contributed by atoms with E-state index in [9.17, 15) is 10.1 Å². The molecule has 2 aromatic rings. The summed E-state index contributed by atoms with van der Waals surface area (Å²) in [5, 5.41) is 11.2. The molecule has 0 spiro atoms. The van der Waals surface area contributed by atoms with Gasteiger partial charge in [0.05, 0.1) is 36.5 Å². The van der Waals surface area contributed by atoms with Gasteiger partial charge < -0.3 is 9.47 Å². The summed E-state index contributed by atoms with van der Waals surface area (Å²) < 4.78 is 10.2. The smallest absolute Gasteiger partial charge is 0.280 e. The van der Waals surface area contributed by atoms with Crippen LogP contribution in [0.15, 0.2) is 36.5 Å². The van der Waals surface area contributed by atoms with Crippen LogP contribution in [0, 0.1) is 10.1 Å². The van der Waals surface area contributed by atoms with Crippen molar-refractivity contribution in [3.63, 3.8) is 0 Å². The van der Waals surface area contributed by atoms with Gasteiger partial charge in [-0.2, -0.15) is 0 Å². The fraction of sp³-hybridized carbons (Fsp3) is 0.133. The maximum absolute atomic E-state index is 11.2. The van der Waals surface area contributed by atoms with Gasteiger partial charge in [0.15, 0.2) is 11.5 Å². The van der Waals surface area contributed by atoms with E-state index in [1.807, 2.05) is 12.1 Å². The van der Waals surface area contributed by atoms with Gasteiger partial charge in [0.25, 0.3) is 5.69 Å². The van der Waals surface area contributed by atoms with Crippen LogP contribution in [0.4, 0.5) is 5.69 Å². The Morgan fingerprint density at radius 1 is 1.14 bits per heavy atom. The molecule has 0 aliphatic heterocycles. The minimum atomic E-state index is -0.458. The van der Waals surface area contributed by atoms with Crippen molar-refractivity contribution in [2.24, 2.45) is 0 Å². The number of nitrogens with zero attached hydrogens (tertiary/aromatic N) is 2. The number of methoxy groups -OCH3 is 2. The number of nitro benzene ring substituents is 1. The fourth-order valence-corrected chi connectivity index (χ4v) is 1.83. The lowest BCUT2D eigenvalue weighted by molar-refractivity contribution is -0.385. The molecule has 0 aliphatic rings. The second kappa shape index (κ2) is 6.51. The lowest BCUT2D eigenvalue weighted by atomic mass is 10.1. The molecular formula is C15H14N2O4. The number of nitro groups is 1. The van der Waals surface area contributed by atoms with E-state index in [0.29, 0.717) is 22.8 Å². The van der Waals surface area contributed by atoms with Crippen molar-refractivity contribution >= 4 is 17.8 Å². The predicted octanol–water partition coefficient (Wildman–Crippen LogP) is 3.18. The highest BCUT2D eigenvalue weighted by molar-refractivity contribution is 5.75. The third-order valence-corrected chi connectivity index (χ3v) is 2.85. The highest BCUT2D eigenvalue weighted by atomic mass is 16.6. The molecule has 1 heterocycles. The molecule has 0 atom stereocenters. The van der Waals surface area contributed by atoms with E-state index in [2.05, 4.69) is 4.98 Å². The van der Waals surface area contributed by atoms with E-state index in [1.54, 1.807) is 30.5 Å². The van der Waals surface area contributed by atoms with E-state index < -0.39 is 4.92 Å². The number of benzene rings is 1. The quantitative estimate of drug-likeness (QED) is 0.623. The Balaban J connectivity index is 2.46. The van der Waals surface area contributed by atoms with Crippen molar-refractivity contribution in [1.82, 2.24) is 4.98 Å². The Morgan fingerprint density at radius 3 is 2.43 bits per heavy atom. The number of pyridine rings is 1. The molecule has 6 nitrogen and oxygen atoms in total. The lowest BCUT2D eigenvalue weighted by Crippen LogP contribution is -1.96. The molecule has 0 radical (unpaired) electrons. The van der Waals surface area contributed by atoms with Crippen molar-refractivity contribution in [3.8, 4) is 11.5 Å². The maximum atomic E-state index is 11.2. The monoisotopic (exact) mass is 286 g/mol. The van der Waals surface area contributed by atoms with Crippen molar-refractivity contribution in [3.05, 3.63) is 57.9 Å². The molecule has 108 valence electrons. The van der Waals surface area contributed by atoms with Crippen LogP contribution in [0.2, 0.25) is 0 Å². The minimum absolute atomic E-state index is 0.0557. The SMILES string of the molecule is COc1cc(/C=C/c2ccccn2)c([N+](=O)[O-])cc1OC. The normalized spacial score (nSPS) is 10.6. The van der Waals surface area contributed by atoms with Crippen LogP contribution in [-0.4, -0.2) is 24.1 Å². The summed E-state index contributed by atoms with van der Waals surface area (Å²) in [5.41, 5.74) is 1.07. The summed E-state index contributed by atoms with van der Waals surface area (Å²) in [6.07, 6.45) is 4.99. The summed E-state index contributed by atoms with van der Waals surface area (Å²) in [6.45, 7) is 0. The first kappa shape index (κ1) is 14.5. The molecule has 0 amide bonds. The standard InChI is InChI=1S/C15H14N2O4/c1-20-14-9-11(6-7-12-5-3-4-8-16-12)13(17(18)19)10-15(14)21-2/h3-10H,1-2H3/b7-6+. The Bertz CT molecular complexity index is 669. The van der Waals surface area contributed by atoms with Crippen LogP contribution >= 0.6 is 0 Å². The molecule has 2 rings (SSSR count). The molecule has 0 bridgehead atoms. The van der Waals surface area contributed by atoms with Crippen LogP contribution in [-0.2, 0) is 0 Å². The molecule has 0 saturated carbocycles. The first-order valence-electron chi connectivity index (χ1n) is 6.15. The molecule has 1 aromatic heterocycles. The third-order valence-electron chi connectivity index (χ3n) is 2.85. The summed E-state index contributed by atoms with van der Waals surface area (Å²) in [6, 6.07) is 8.36. The van der Waals surface area contributed by atoms with Crippen molar-refractivity contribution in [2.75, 3.05) is 14.2 Å². The van der Waals surface area contributed by atoms with Crippen LogP contribution < -0.4 is 9.47 Å². The van der Waals surface area contributed by atoms with Crippen molar-refractivity contribution in [1.29, 1.82) is 0 Å². The zero-order valence-electron chi connectivity index (χ0n) is 11.6. The number of aromatic nitrogens is 1. The Kier molecular flexibility index (Phi) is 4.50. The van der Waals surface area contributed by atoms with Gasteiger partial charge in [-0.05, 0) is 30.4 Å². The predicted molar refractivity (Wildman–Crippen MR) is 79.4 cm³/mol. The van der Waals surface area contributed by atoms with Crippen LogP contribution in [0.25, 0.3) is 12.2 Å². The van der Waals surface area contributed by atoms with Gasteiger partial charge in [-0.1, -0.05) is 6.07 Å². The molecular weight excluding hydrogens is 272 g/mol. The second-order valence-corrected chi connectivity index (χ2v) is 4.11. The van der Waals surface area contributed by atoms with Crippen molar-refractivity contribution < 1.29 is 14.4 Å². The van der Waals surface area contributed by atoms with Crippen LogP contribution in [0.1, 0.15) is 11.3 Å². The topological polar surface area (TPSA) is 74.5 Å². The Labute approximate surface area is 121 Å². The fourth-order valence-electron chi connectivity index (χ4n) is 1.83. The molecule has 6 heteroatoms. The van der Waals surface area contributed by atoms with Crippen LogP contribution in [0.3, 0.4) is 0 Å². The average Bonchev–Trinajstić information content (AvgIpc) is 2.52. The molecule has 0 N–H and O–H groups in total. The van der Waals surface area contributed by atoms with E-state index in [0.717, 1.165) is 0 Å². The molecule has 0 saturated heterocycles. The van der Waals surface area contributed by atoms with Gasteiger partial charge in [-0.15, -0.1) is 0 Å². The van der Waals surface area contributed by atoms with Crippen LogP contribution in [0.5, 0.6) is 11.5 Å². The van der Waals surface area contributed by atoms with Gasteiger partial charge in [-0.25, -0.2) is 0 Å². The van der Waals surface area contributed by atoms with Gasteiger partial charge in [0.2, 0.25) is 0 Å². The van der Waals surface area contributed by atoms with E-state index in [1.165, 1.54) is 20.3 Å². The zero-order valence-corrected chi connectivity index (χ0v) is 11.6. The Hall–Kier alpha value is -2.89. The maximum Gasteiger partial charge on any atom is 0.280 e. The van der Waals surface area contributed by atoms with Gasteiger partial charge >= 0.3 is 0 Å². The largest absolute Gasteiger partial charge is 0.493 e. The summed E-state index contributed by atoms with van der Waals surface area (Å²) in [4.78, 5) is 14.8. The first-order valence-corrected chi connectivity index (χ1v) is 6.15. The summed E-state index contributed by atoms with van der Waals surface area (Å²) >= 11 is 0. The third kappa shape index (κ3) is 3.36. The number of ether oxygens (including phenoxy) is 2. The number of rotatable bonds is 5.